The molecule has 0 heterocycles. The first-order chi connectivity index (χ1) is 9.06. The quantitative estimate of drug-likeness (QED) is 0.680. The SMILES string of the molecule is O=C(/C=C/c1ccc(Br)cc1)c1cc(F)ccc1O. The van der Waals surface area contributed by atoms with Crippen LogP contribution < -0.4 is 0 Å². The summed E-state index contributed by atoms with van der Waals surface area (Å²) in [6, 6.07) is 10.6. The van der Waals surface area contributed by atoms with Crippen LogP contribution in [-0.2, 0) is 0 Å². The van der Waals surface area contributed by atoms with Gasteiger partial charge in [0.25, 0.3) is 0 Å². The number of rotatable bonds is 3. The number of carbonyl (C=O) groups excluding carboxylic acids is 1. The lowest BCUT2D eigenvalue weighted by Crippen LogP contribution is -1.95. The zero-order chi connectivity index (χ0) is 13.8. The van der Waals surface area contributed by atoms with E-state index >= 15 is 0 Å². The summed E-state index contributed by atoms with van der Waals surface area (Å²) in [7, 11) is 0. The number of hydrogen-bond donors (Lipinski definition) is 1. The van der Waals surface area contributed by atoms with Gasteiger partial charge < -0.3 is 5.11 Å². The highest BCUT2D eigenvalue weighted by atomic mass is 79.9. The van der Waals surface area contributed by atoms with Crippen LogP contribution in [0.2, 0.25) is 0 Å². The van der Waals surface area contributed by atoms with Gasteiger partial charge in [-0.25, -0.2) is 4.39 Å². The van der Waals surface area contributed by atoms with Gasteiger partial charge in [-0.2, -0.15) is 0 Å². The van der Waals surface area contributed by atoms with Crippen LogP contribution in [0.1, 0.15) is 15.9 Å². The number of aromatic hydroxyl groups is 1. The van der Waals surface area contributed by atoms with Crippen molar-refractivity contribution >= 4 is 27.8 Å². The van der Waals surface area contributed by atoms with Gasteiger partial charge in [-0.05, 0) is 42.0 Å². The molecule has 0 aliphatic carbocycles. The maximum Gasteiger partial charge on any atom is 0.189 e. The monoisotopic (exact) mass is 320 g/mol. The van der Waals surface area contributed by atoms with Gasteiger partial charge in [0.1, 0.15) is 11.6 Å². The second-order valence-corrected chi connectivity index (χ2v) is 4.83. The Hall–Kier alpha value is -1.94. The largest absolute Gasteiger partial charge is 0.507 e. The van der Waals surface area contributed by atoms with Gasteiger partial charge in [-0.1, -0.05) is 34.1 Å². The maximum atomic E-state index is 13.0. The molecular weight excluding hydrogens is 311 g/mol. The van der Waals surface area contributed by atoms with Crippen molar-refractivity contribution in [3.63, 3.8) is 0 Å². The summed E-state index contributed by atoms with van der Waals surface area (Å²) < 4.78 is 14.0. The molecule has 96 valence electrons. The van der Waals surface area contributed by atoms with E-state index in [9.17, 15) is 14.3 Å². The fourth-order valence-electron chi connectivity index (χ4n) is 1.54. The Morgan fingerprint density at radius 3 is 2.53 bits per heavy atom. The molecule has 0 unspecified atom stereocenters. The van der Waals surface area contributed by atoms with Gasteiger partial charge in [0.15, 0.2) is 5.78 Å². The molecule has 0 spiro atoms. The van der Waals surface area contributed by atoms with Crippen molar-refractivity contribution in [2.24, 2.45) is 0 Å². The molecule has 0 radical (unpaired) electrons. The molecule has 0 aromatic heterocycles. The van der Waals surface area contributed by atoms with E-state index in [-0.39, 0.29) is 11.3 Å². The number of phenolic OH excluding ortho intramolecular Hbond substituents is 1. The molecule has 1 N–H and O–H groups in total. The minimum absolute atomic E-state index is 0.0478. The fraction of sp³-hybridized carbons (Fsp3) is 0. The first kappa shape index (κ1) is 13.5. The topological polar surface area (TPSA) is 37.3 Å². The normalized spacial score (nSPS) is 10.8. The summed E-state index contributed by atoms with van der Waals surface area (Å²) in [5.41, 5.74) is 0.792. The minimum Gasteiger partial charge on any atom is -0.507 e. The Morgan fingerprint density at radius 1 is 1.16 bits per heavy atom. The molecule has 2 nitrogen and oxygen atoms in total. The van der Waals surface area contributed by atoms with E-state index in [2.05, 4.69) is 15.9 Å². The molecule has 19 heavy (non-hydrogen) atoms. The predicted molar refractivity (Wildman–Crippen MR) is 75.6 cm³/mol. The van der Waals surface area contributed by atoms with Gasteiger partial charge >= 0.3 is 0 Å². The first-order valence-electron chi connectivity index (χ1n) is 5.53. The Bertz CT molecular complexity index is 633. The average molecular weight is 321 g/mol. The van der Waals surface area contributed by atoms with Crippen molar-refractivity contribution in [3.8, 4) is 5.75 Å². The van der Waals surface area contributed by atoms with E-state index in [0.717, 1.165) is 28.2 Å². The highest BCUT2D eigenvalue weighted by Crippen LogP contribution is 2.19. The first-order valence-corrected chi connectivity index (χ1v) is 6.32. The van der Waals surface area contributed by atoms with E-state index in [1.807, 2.05) is 24.3 Å². The summed E-state index contributed by atoms with van der Waals surface area (Å²) in [6.07, 6.45) is 2.91. The number of halogens is 2. The zero-order valence-electron chi connectivity index (χ0n) is 9.81. The van der Waals surface area contributed by atoms with Gasteiger partial charge in [-0.3, -0.25) is 4.79 Å². The maximum absolute atomic E-state index is 13.0. The Kier molecular flexibility index (Phi) is 4.12. The third-order valence-corrected chi connectivity index (χ3v) is 3.05. The van der Waals surface area contributed by atoms with Crippen LogP contribution in [0, 0.1) is 5.82 Å². The minimum atomic E-state index is -0.557. The predicted octanol–water partition coefficient (Wildman–Crippen LogP) is 4.19. The molecule has 0 saturated carbocycles. The van der Waals surface area contributed by atoms with Crippen LogP contribution in [0.25, 0.3) is 6.08 Å². The standard InChI is InChI=1S/C15H10BrFO2/c16-11-4-1-10(2-5-11)3-7-14(18)13-9-12(17)6-8-15(13)19/h1-9,19H/b7-3+. The molecule has 0 atom stereocenters. The zero-order valence-corrected chi connectivity index (χ0v) is 11.4. The number of ketones is 1. The summed E-state index contributed by atoms with van der Waals surface area (Å²) >= 11 is 3.31. The van der Waals surface area contributed by atoms with E-state index in [1.54, 1.807) is 6.08 Å². The van der Waals surface area contributed by atoms with Crippen molar-refractivity contribution in [3.05, 3.63) is 70.0 Å². The number of phenols is 1. The van der Waals surface area contributed by atoms with Gasteiger partial charge in [0.05, 0.1) is 5.56 Å². The van der Waals surface area contributed by atoms with Crippen LogP contribution in [-0.4, -0.2) is 10.9 Å². The summed E-state index contributed by atoms with van der Waals surface area (Å²) in [4.78, 5) is 11.8. The third-order valence-electron chi connectivity index (χ3n) is 2.52. The lowest BCUT2D eigenvalue weighted by Gasteiger charge is -2.00. The third kappa shape index (κ3) is 3.51. The number of benzene rings is 2. The molecule has 0 amide bonds. The molecule has 0 fully saturated rings. The smallest absolute Gasteiger partial charge is 0.189 e. The molecule has 0 aliphatic rings. The highest BCUT2D eigenvalue weighted by Gasteiger charge is 2.09. The van der Waals surface area contributed by atoms with E-state index in [1.165, 1.54) is 6.08 Å². The molecule has 0 bridgehead atoms. The Balaban J connectivity index is 2.21. The van der Waals surface area contributed by atoms with Gasteiger partial charge in [0.2, 0.25) is 0 Å². The lowest BCUT2D eigenvalue weighted by molar-refractivity contribution is 0.104. The molecule has 0 saturated heterocycles. The molecule has 2 aromatic carbocycles. The van der Waals surface area contributed by atoms with Crippen LogP contribution >= 0.6 is 15.9 Å². The number of carbonyl (C=O) groups is 1. The van der Waals surface area contributed by atoms with Crippen LogP contribution in [0.3, 0.4) is 0 Å². The number of allylic oxidation sites excluding steroid dienone is 1. The highest BCUT2D eigenvalue weighted by molar-refractivity contribution is 9.10. The van der Waals surface area contributed by atoms with E-state index in [0.29, 0.717) is 0 Å². The van der Waals surface area contributed by atoms with Crippen molar-refractivity contribution in [2.75, 3.05) is 0 Å². The molecule has 0 aliphatic heterocycles. The lowest BCUT2D eigenvalue weighted by atomic mass is 10.1. The van der Waals surface area contributed by atoms with Crippen molar-refractivity contribution in [1.29, 1.82) is 0 Å². The van der Waals surface area contributed by atoms with Crippen molar-refractivity contribution in [1.82, 2.24) is 0 Å². The molecular formula is C15H10BrFO2. The molecule has 2 aromatic rings. The second-order valence-electron chi connectivity index (χ2n) is 3.91. The summed E-state index contributed by atoms with van der Waals surface area (Å²) in [6.45, 7) is 0. The fourth-order valence-corrected chi connectivity index (χ4v) is 1.81. The van der Waals surface area contributed by atoms with E-state index < -0.39 is 11.6 Å². The van der Waals surface area contributed by atoms with E-state index in [4.69, 9.17) is 0 Å². The van der Waals surface area contributed by atoms with Crippen LogP contribution in [0.15, 0.2) is 53.0 Å². The van der Waals surface area contributed by atoms with Crippen molar-refractivity contribution in [2.45, 2.75) is 0 Å². The van der Waals surface area contributed by atoms with Gasteiger partial charge in [0, 0.05) is 4.47 Å². The van der Waals surface area contributed by atoms with Gasteiger partial charge in [-0.15, -0.1) is 0 Å². The summed E-state index contributed by atoms with van der Waals surface area (Å²) in [5, 5.41) is 9.51. The van der Waals surface area contributed by atoms with Crippen molar-refractivity contribution < 1.29 is 14.3 Å². The molecule has 4 heteroatoms. The Morgan fingerprint density at radius 2 is 1.84 bits per heavy atom. The Labute approximate surface area is 118 Å². The molecule has 2 rings (SSSR count). The average Bonchev–Trinajstić information content (AvgIpc) is 2.40. The second kappa shape index (κ2) is 5.80. The summed E-state index contributed by atoms with van der Waals surface area (Å²) in [5.74, 6) is -1.23. The number of hydrogen-bond acceptors (Lipinski definition) is 2. The van der Waals surface area contributed by atoms with Crippen LogP contribution in [0.5, 0.6) is 5.75 Å². The van der Waals surface area contributed by atoms with Crippen LogP contribution in [0.4, 0.5) is 4.39 Å².